The molecule has 2 aliphatic carbocycles. The molecule has 2 fully saturated rings. The number of hydrogen-bond acceptors (Lipinski definition) is 3. The van der Waals surface area contributed by atoms with E-state index in [1.54, 1.807) is 0 Å². The van der Waals surface area contributed by atoms with Gasteiger partial charge in [-0.05, 0) is 42.5 Å². The van der Waals surface area contributed by atoms with Gasteiger partial charge >= 0.3 is 0 Å². The lowest BCUT2D eigenvalue weighted by Crippen LogP contribution is -2.30. The van der Waals surface area contributed by atoms with Gasteiger partial charge in [-0.25, -0.2) is 0 Å². The summed E-state index contributed by atoms with van der Waals surface area (Å²) < 4.78 is 0. The third kappa shape index (κ3) is 1.46. The summed E-state index contributed by atoms with van der Waals surface area (Å²) in [7, 11) is 0. The van der Waals surface area contributed by atoms with Crippen LogP contribution in [0.2, 0.25) is 0 Å². The first-order valence-corrected chi connectivity index (χ1v) is 6.66. The van der Waals surface area contributed by atoms with E-state index in [9.17, 15) is 0 Å². The van der Waals surface area contributed by atoms with Crippen molar-refractivity contribution in [3.63, 3.8) is 0 Å². The van der Waals surface area contributed by atoms with Crippen LogP contribution in [0.25, 0.3) is 0 Å². The Morgan fingerprint density at radius 2 is 1.82 bits per heavy atom. The van der Waals surface area contributed by atoms with Gasteiger partial charge in [-0.2, -0.15) is 0 Å². The van der Waals surface area contributed by atoms with Gasteiger partial charge in [0.2, 0.25) is 0 Å². The van der Waals surface area contributed by atoms with E-state index in [0.717, 1.165) is 24.3 Å². The zero-order valence-corrected chi connectivity index (χ0v) is 9.89. The molecule has 1 aromatic carbocycles. The van der Waals surface area contributed by atoms with Gasteiger partial charge in [0.05, 0.1) is 0 Å². The molecule has 1 aromatic rings. The van der Waals surface area contributed by atoms with Crippen LogP contribution < -0.4 is 16.4 Å². The second-order valence-corrected chi connectivity index (χ2v) is 5.70. The summed E-state index contributed by atoms with van der Waals surface area (Å²) in [6.45, 7) is 2.39. The number of benzene rings is 1. The van der Waals surface area contributed by atoms with Gasteiger partial charge in [0, 0.05) is 18.1 Å². The first-order chi connectivity index (χ1) is 8.34. The molecule has 1 heterocycles. The van der Waals surface area contributed by atoms with Gasteiger partial charge in [0.1, 0.15) is 0 Å². The minimum atomic E-state index is 0.223. The van der Waals surface area contributed by atoms with E-state index in [2.05, 4.69) is 34.9 Å². The minimum absolute atomic E-state index is 0.223. The highest BCUT2D eigenvalue weighted by Crippen LogP contribution is 2.45. The van der Waals surface area contributed by atoms with Crippen molar-refractivity contribution < 1.29 is 0 Å². The fraction of sp³-hybridized carbons (Fsp3) is 0.571. The van der Waals surface area contributed by atoms with Crippen molar-refractivity contribution in [1.29, 1.82) is 0 Å². The molecule has 3 aliphatic rings. The van der Waals surface area contributed by atoms with Gasteiger partial charge in [0.15, 0.2) is 0 Å². The maximum atomic E-state index is 6.20. The Labute approximate surface area is 102 Å². The quantitative estimate of drug-likeness (QED) is 0.707. The van der Waals surface area contributed by atoms with E-state index in [-0.39, 0.29) is 6.04 Å². The van der Waals surface area contributed by atoms with E-state index < -0.39 is 0 Å². The SMILES string of the molecule is NC1CC(NC2[C@H]3CNC[C@@H]23)c2ccccc21. The average Bonchev–Trinajstić information content (AvgIpc) is 2.74. The first-order valence-electron chi connectivity index (χ1n) is 6.66. The second-order valence-electron chi connectivity index (χ2n) is 5.70. The minimum Gasteiger partial charge on any atom is -0.324 e. The monoisotopic (exact) mass is 229 g/mol. The molecule has 4 rings (SSSR count). The van der Waals surface area contributed by atoms with Crippen molar-refractivity contribution in [1.82, 2.24) is 10.6 Å². The van der Waals surface area contributed by atoms with Crippen LogP contribution in [-0.2, 0) is 0 Å². The average molecular weight is 229 g/mol. The Morgan fingerprint density at radius 1 is 1.12 bits per heavy atom. The lowest BCUT2D eigenvalue weighted by Gasteiger charge is -2.15. The fourth-order valence-corrected chi connectivity index (χ4v) is 3.73. The van der Waals surface area contributed by atoms with Gasteiger partial charge < -0.3 is 16.4 Å². The van der Waals surface area contributed by atoms with E-state index in [4.69, 9.17) is 5.73 Å². The summed E-state index contributed by atoms with van der Waals surface area (Å²) in [5.41, 5.74) is 8.97. The standard InChI is InChI=1S/C14H19N3/c15-12-5-13(9-4-2-1-3-8(9)12)17-14-10-6-16-7-11(10)14/h1-4,10-14,16-17H,5-7,15H2/t10-,11+,12?,13?,14?. The number of piperidine rings is 1. The summed E-state index contributed by atoms with van der Waals surface area (Å²) in [6.07, 6.45) is 1.06. The van der Waals surface area contributed by atoms with Gasteiger partial charge in [-0.3, -0.25) is 0 Å². The summed E-state index contributed by atoms with van der Waals surface area (Å²) in [4.78, 5) is 0. The van der Waals surface area contributed by atoms with Crippen molar-refractivity contribution in [2.45, 2.75) is 24.5 Å². The lowest BCUT2D eigenvalue weighted by atomic mass is 10.1. The predicted octanol–water partition coefficient (Wildman–Crippen LogP) is 0.939. The van der Waals surface area contributed by atoms with Crippen LogP contribution >= 0.6 is 0 Å². The van der Waals surface area contributed by atoms with Crippen molar-refractivity contribution in [3.8, 4) is 0 Å². The molecule has 3 unspecified atom stereocenters. The molecule has 0 bridgehead atoms. The number of nitrogens with two attached hydrogens (primary N) is 1. The van der Waals surface area contributed by atoms with Crippen LogP contribution in [0.15, 0.2) is 24.3 Å². The van der Waals surface area contributed by atoms with E-state index in [1.165, 1.54) is 24.2 Å². The number of fused-ring (bicyclic) bond motifs is 2. The summed E-state index contributed by atoms with van der Waals surface area (Å²) in [5.74, 6) is 1.75. The van der Waals surface area contributed by atoms with Gasteiger partial charge in [-0.1, -0.05) is 24.3 Å². The lowest BCUT2D eigenvalue weighted by molar-refractivity contribution is 0.458. The fourth-order valence-electron chi connectivity index (χ4n) is 3.73. The highest BCUT2D eigenvalue weighted by Gasteiger charge is 2.53. The molecule has 0 spiro atoms. The van der Waals surface area contributed by atoms with Crippen molar-refractivity contribution in [2.24, 2.45) is 17.6 Å². The third-order valence-corrected chi connectivity index (χ3v) is 4.75. The smallest absolute Gasteiger partial charge is 0.0344 e. The van der Waals surface area contributed by atoms with Crippen LogP contribution in [0.1, 0.15) is 29.6 Å². The Hall–Kier alpha value is -0.900. The zero-order valence-electron chi connectivity index (χ0n) is 9.89. The van der Waals surface area contributed by atoms with Gasteiger partial charge in [0.25, 0.3) is 0 Å². The number of nitrogens with one attached hydrogen (secondary N) is 2. The van der Waals surface area contributed by atoms with Crippen LogP contribution in [0.4, 0.5) is 0 Å². The zero-order chi connectivity index (χ0) is 11.4. The molecule has 1 aliphatic heterocycles. The number of rotatable bonds is 2. The highest BCUT2D eigenvalue weighted by molar-refractivity contribution is 5.37. The van der Waals surface area contributed by atoms with Gasteiger partial charge in [-0.15, -0.1) is 0 Å². The van der Waals surface area contributed by atoms with E-state index >= 15 is 0 Å². The topological polar surface area (TPSA) is 50.1 Å². The normalized spacial score (nSPS) is 42.3. The predicted molar refractivity (Wildman–Crippen MR) is 67.5 cm³/mol. The molecule has 4 N–H and O–H groups in total. The van der Waals surface area contributed by atoms with Crippen molar-refractivity contribution in [3.05, 3.63) is 35.4 Å². The molecule has 0 aromatic heterocycles. The van der Waals surface area contributed by atoms with Crippen LogP contribution in [-0.4, -0.2) is 19.1 Å². The molecule has 1 saturated heterocycles. The Morgan fingerprint density at radius 3 is 2.59 bits per heavy atom. The van der Waals surface area contributed by atoms with E-state index in [0.29, 0.717) is 6.04 Å². The summed E-state index contributed by atoms with van der Waals surface area (Å²) >= 11 is 0. The second kappa shape index (κ2) is 3.55. The Kier molecular flexibility index (Phi) is 2.10. The first kappa shape index (κ1) is 10.1. The Bertz CT molecular complexity index is 435. The van der Waals surface area contributed by atoms with E-state index in [1.807, 2.05) is 0 Å². The van der Waals surface area contributed by atoms with Crippen molar-refractivity contribution in [2.75, 3.05) is 13.1 Å². The molecular weight excluding hydrogens is 210 g/mol. The molecule has 1 saturated carbocycles. The third-order valence-electron chi connectivity index (χ3n) is 4.75. The molecule has 17 heavy (non-hydrogen) atoms. The molecule has 5 atom stereocenters. The molecule has 90 valence electrons. The Balaban J connectivity index is 1.53. The maximum absolute atomic E-state index is 6.20. The molecule has 0 radical (unpaired) electrons. The molecule has 3 nitrogen and oxygen atoms in total. The summed E-state index contributed by atoms with van der Waals surface area (Å²) in [6, 6.07) is 10.1. The largest absolute Gasteiger partial charge is 0.324 e. The number of hydrogen-bond donors (Lipinski definition) is 3. The van der Waals surface area contributed by atoms with Crippen LogP contribution in [0, 0.1) is 11.8 Å². The van der Waals surface area contributed by atoms with Crippen molar-refractivity contribution >= 4 is 0 Å². The highest BCUT2D eigenvalue weighted by atomic mass is 15.1. The maximum Gasteiger partial charge on any atom is 0.0344 e. The van der Waals surface area contributed by atoms with Crippen LogP contribution in [0.5, 0.6) is 0 Å². The molecule has 3 heteroatoms. The molecular formula is C14H19N3. The summed E-state index contributed by atoms with van der Waals surface area (Å²) in [5, 5.41) is 7.26. The molecule has 0 amide bonds. The van der Waals surface area contributed by atoms with Crippen LogP contribution in [0.3, 0.4) is 0 Å².